The van der Waals surface area contributed by atoms with Crippen molar-refractivity contribution in [2.24, 2.45) is 0 Å². The number of benzene rings is 1. The van der Waals surface area contributed by atoms with Gasteiger partial charge in [0.05, 0.1) is 0 Å². The zero-order valence-corrected chi connectivity index (χ0v) is 7.78. The Balaban J connectivity index is 2.43. The first-order valence-electron chi connectivity index (χ1n) is 4.40. The Labute approximate surface area is 81.3 Å². The van der Waals surface area contributed by atoms with E-state index in [-0.39, 0.29) is 11.9 Å². The van der Waals surface area contributed by atoms with Crippen molar-refractivity contribution in [2.45, 2.75) is 12.5 Å². The van der Waals surface area contributed by atoms with Crippen LogP contribution in [0.3, 0.4) is 0 Å². The number of rotatable bonds is 1. The van der Waals surface area contributed by atoms with E-state index in [0.717, 1.165) is 5.56 Å². The monoisotopic (exact) mass is 191 g/mol. The van der Waals surface area contributed by atoms with Gasteiger partial charge in [-0.25, -0.2) is 15.4 Å². The first-order chi connectivity index (χ1) is 6.63. The Hall–Kier alpha value is -1.68. The summed E-state index contributed by atoms with van der Waals surface area (Å²) in [7, 11) is 0. The standard InChI is InChI=1S/C10H10N2O2/c1-10(7-5-3-2-4-6-7)8(13)11-9(14)12-10/h2-6H,1H3,(H2,11,12,13,14)/p+1. The number of carbonyl (C=O) groups is 2. The molecule has 0 radical (unpaired) electrons. The fraction of sp³-hybridized carbons (Fsp3) is 0.200. The number of amides is 3. The minimum absolute atomic E-state index is 0.256. The lowest BCUT2D eigenvalue weighted by atomic mass is 9.92. The number of imide groups is 1. The molecule has 1 heterocycles. The van der Waals surface area contributed by atoms with Crippen LogP contribution in [0.1, 0.15) is 12.5 Å². The average molecular weight is 191 g/mol. The van der Waals surface area contributed by atoms with Gasteiger partial charge in [0.25, 0.3) is 5.91 Å². The number of nitrogens with one attached hydrogen (secondary N) is 1. The van der Waals surface area contributed by atoms with E-state index >= 15 is 0 Å². The SMILES string of the molecule is CC1(c2ccccc2)[NH2+]C(=O)NC1=O. The molecule has 4 nitrogen and oxygen atoms in total. The van der Waals surface area contributed by atoms with Crippen LogP contribution in [-0.2, 0) is 10.3 Å². The molecule has 3 amide bonds. The Morgan fingerprint density at radius 2 is 1.86 bits per heavy atom. The molecule has 1 atom stereocenters. The first-order valence-corrected chi connectivity index (χ1v) is 4.40. The summed E-state index contributed by atoms with van der Waals surface area (Å²) in [5, 5.41) is 3.69. The topological polar surface area (TPSA) is 62.8 Å². The highest BCUT2D eigenvalue weighted by Crippen LogP contribution is 2.17. The number of primary amides is 1. The molecule has 1 fully saturated rings. The van der Waals surface area contributed by atoms with Crippen molar-refractivity contribution in [1.82, 2.24) is 5.32 Å². The van der Waals surface area contributed by atoms with Gasteiger partial charge in [-0.15, -0.1) is 0 Å². The van der Waals surface area contributed by atoms with Gasteiger partial charge in [0.1, 0.15) is 0 Å². The van der Waals surface area contributed by atoms with Crippen molar-refractivity contribution in [3.8, 4) is 0 Å². The van der Waals surface area contributed by atoms with Crippen molar-refractivity contribution in [3.05, 3.63) is 35.9 Å². The zero-order chi connectivity index (χ0) is 10.2. The van der Waals surface area contributed by atoms with E-state index < -0.39 is 5.54 Å². The molecule has 0 aliphatic carbocycles. The summed E-state index contributed by atoms with van der Waals surface area (Å²) in [5.74, 6) is -0.256. The molecule has 0 spiro atoms. The third-order valence-electron chi connectivity index (χ3n) is 2.50. The summed E-state index contributed by atoms with van der Waals surface area (Å²) in [4.78, 5) is 22.6. The second-order valence-corrected chi connectivity index (χ2v) is 3.53. The van der Waals surface area contributed by atoms with Crippen LogP contribution >= 0.6 is 0 Å². The fourth-order valence-electron chi connectivity index (χ4n) is 1.60. The molecule has 1 aliphatic rings. The average Bonchev–Trinajstić information content (AvgIpc) is 2.43. The van der Waals surface area contributed by atoms with Gasteiger partial charge in [-0.05, 0) is 0 Å². The largest absolute Gasteiger partial charge is 0.421 e. The molecule has 0 bridgehead atoms. The highest BCUT2D eigenvalue weighted by Gasteiger charge is 2.48. The highest BCUT2D eigenvalue weighted by molar-refractivity contribution is 6.00. The number of carbonyl (C=O) groups excluding carboxylic acids is 2. The molecule has 2 rings (SSSR count). The van der Waals surface area contributed by atoms with Crippen molar-refractivity contribution in [3.63, 3.8) is 0 Å². The van der Waals surface area contributed by atoms with Crippen molar-refractivity contribution >= 4 is 11.9 Å². The number of urea groups is 1. The molecule has 1 aliphatic heterocycles. The minimum Gasteiger partial charge on any atom is -0.267 e. The molecule has 1 aromatic rings. The van der Waals surface area contributed by atoms with E-state index in [1.807, 2.05) is 30.3 Å². The van der Waals surface area contributed by atoms with E-state index in [1.54, 1.807) is 6.92 Å². The Kier molecular flexibility index (Phi) is 1.86. The van der Waals surface area contributed by atoms with Gasteiger partial charge in [-0.1, -0.05) is 30.3 Å². The van der Waals surface area contributed by atoms with Crippen LogP contribution in [-0.4, -0.2) is 11.9 Å². The second-order valence-electron chi connectivity index (χ2n) is 3.53. The normalized spacial score (nSPS) is 26.4. The van der Waals surface area contributed by atoms with Crippen LogP contribution in [0, 0.1) is 0 Å². The number of hydrogen-bond donors (Lipinski definition) is 2. The number of nitrogens with two attached hydrogens (primary N) is 1. The van der Waals surface area contributed by atoms with E-state index in [1.165, 1.54) is 5.32 Å². The lowest BCUT2D eigenvalue weighted by Crippen LogP contribution is -2.94. The molecule has 3 N–H and O–H groups in total. The highest BCUT2D eigenvalue weighted by atomic mass is 16.2. The van der Waals surface area contributed by atoms with Gasteiger partial charge in [-0.3, -0.25) is 4.79 Å². The smallest absolute Gasteiger partial charge is 0.267 e. The van der Waals surface area contributed by atoms with Crippen molar-refractivity contribution < 1.29 is 14.9 Å². The van der Waals surface area contributed by atoms with Gasteiger partial charge in [0.15, 0.2) is 0 Å². The van der Waals surface area contributed by atoms with Gasteiger partial charge in [-0.2, -0.15) is 0 Å². The Bertz CT molecular complexity index is 388. The third-order valence-corrected chi connectivity index (χ3v) is 2.50. The zero-order valence-electron chi connectivity index (χ0n) is 7.78. The van der Waals surface area contributed by atoms with Crippen molar-refractivity contribution in [1.29, 1.82) is 0 Å². The molecule has 0 saturated carbocycles. The van der Waals surface area contributed by atoms with Crippen LogP contribution in [0.4, 0.5) is 4.79 Å². The Morgan fingerprint density at radius 1 is 1.21 bits per heavy atom. The van der Waals surface area contributed by atoms with Crippen LogP contribution < -0.4 is 10.6 Å². The predicted molar refractivity (Wildman–Crippen MR) is 49.3 cm³/mol. The van der Waals surface area contributed by atoms with Gasteiger partial charge >= 0.3 is 6.03 Å². The fourth-order valence-corrected chi connectivity index (χ4v) is 1.60. The van der Waals surface area contributed by atoms with Gasteiger partial charge in [0, 0.05) is 12.5 Å². The molecule has 0 aromatic heterocycles. The molecule has 72 valence electrons. The third kappa shape index (κ3) is 1.20. The molecule has 4 heteroatoms. The molecule has 14 heavy (non-hydrogen) atoms. The Morgan fingerprint density at radius 3 is 2.36 bits per heavy atom. The van der Waals surface area contributed by atoms with Crippen molar-refractivity contribution in [2.75, 3.05) is 0 Å². The summed E-state index contributed by atoms with van der Waals surface area (Å²) < 4.78 is 0. The van der Waals surface area contributed by atoms with E-state index in [2.05, 4.69) is 5.32 Å². The van der Waals surface area contributed by atoms with Crippen LogP contribution in [0.5, 0.6) is 0 Å². The summed E-state index contributed by atoms with van der Waals surface area (Å²) in [6, 6.07) is 8.95. The van der Waals surface area contributed by atoms with E-state index in [0.29, 0.717) is 0 Å². The summed E-state index contributed by atoms with van der Waals surface area (Å²) >= 11 is 0. The lowest BCUT2D eigenvalue weighted by molar-refractivity contribution is -0.616. The maximum atomic E-state index is 11.5. The van der Waals surface area contributed by atoms with Gasteiger partial charge < -0.3 is 0 Å². The molecule has 1 unspecified atom stereocenters. The summed E-state index contributed by atoms with van der Waals surface area (Å²) in [6.45, 7) is 1.74. The maximum absolute atomic E-state index is 11.5. The molecule has 1 saturated heterocycles. The van der Waals surface area contributed by atoms with E-state index in [9.17, 15) is 9.59 Å². The van der Waals surface area contributed by atoms with Gasteiger partial charge in [0.2, 0.25) is 5.54 Å². The maximum Gasteiger partial charge on any atom is 0.421 e. The number of hydrogen-bond acceptors (Lipinski definition) is 2. The number of quaternary nitrogens is 1. The van der Waals surface area contributed by atoms with Crippen LogP contribution in [0.2, 0.25) is 0 Å². The molecular formula is C10H11N2O2+. The van der Waals surface area contributed by atoms with Crippen LogP contribution in [0.15, 0.2) is 30.3 Å². The molecular weight excluding hydrogens is 180 g/mol. The molecule has 1 aromatic carbocycles. The van der Waals surface area contributed by atoms with Crippen LogP contribution in [0.25, 0.3) is 0 Å². The van der Waals surface area contributed by atoms with E-state index in [4.69, 9.17) is 0 Å². The quantitative estimate of drug-likeness (QED) is 0.599. The first kappa shape index (κ1) is 8.90. The lowest BCUT2D eigenvalue weighted by Gasteiger charge is -2.15. The second kappa shape index (κ2) is 2.92. The summed E-state index contributed by atoms with van der Waals surface area (Å²) in [6.07, 6.45) is 0. The predicted octanol–water partition coefficient (Wildman–Crippen LogP) is -0.285. The minimum atomic E-state index is -0.807. The summed E-state index contributed by atoms with van der Waals surface area (Å²) in [5.41, 5.74) is 0.0292.